The third-order valence-electron chi connectivity index (χ3n) is 5.55. The van der Waals surface area contributed by atoms with Crippen LogP contribution in [-0.4, -0.2) is 42.4 Å². The van der Waals surface area contributed by atoms with E-state index >= 15 is 0 Å². The largest absolute Gasteiger partial charge is 0.305 e. The zero-order chi connectivity index (χ0) is 19.5. The maximum atomic E-state index is 13.1. The summed E-state index contributed by atoms with van der Waals surface area (Å²) < 4.78 is 13.1. The van der Waals surface area contributed by atoms with Crippen LogP contribution in [0.3, 0.4) is 0 Å². The van der Waals surface area contributed by atoms with Gasteiger partial charge in [-0.2, -0.15) is 0 Å². The molecule has 1 N–H and O–H groups in total. The summed E-state index contributed by atoms with van der Waals surface area (Å²) in [5.41, 5.74) is 0.433. The standard InChI is InChI=1S/C21H24FN3O2S/c22-16-3-5-17(6-4-16)25-20(26)12-19(21(25)27)23-13-15-7-9-24(10-8-15)14-18-2-1-11-28-18/h1-6,11,15,19,23H,7-10,12-14H2/t19-/m0/s1. The molecule has 0 saturated carbocycles. The molecule has 1 aromatic carbocycles. The predicted molar refractivity (Wildman–Crippen MR) is 108 cm³/mol. The lowest BCUT2D eigenvalue weighted by Gasteiger charge is -2.32. The average molecular weight is 402 g/mol. The molecule has 2 aliphatic heterocycles. The van der Waals surface area contributed by atoms with E-state index in [4.69, 9.17) is 0 Å². The van der Waals surface area contributed by atoms with Gasteiger partial charge in [0.1, 0.15) is 5.82 Å². The maximum absolute atomic E-state index is 13.1. The Hall–Kier alpha value is -2.09. The van der Waals surface area contributed by atoms with Gasteiger partial charge in [-0.3, -0.25) is 14.5 Å². The highest BCUT2D eigenvalue weighted by Gasteiger charge is 2.39. The summed E-state index contributed by atoms with van der Waals surface area (Å²) in [5.74, 6) is -0.350. The molecule has 2 saturated heterocycles. The Morgan fingerprint density at radius 3 is 2.54 bits per heavy atom. The molecule has 2 amide bonds. The van der Waals surface area contributed by atoms with E-state index in [0.717, 1.165) is 39.0 Å². The van der Waals surface area contributed by atoms with Gasteiger partial charge >= 0.3 is 0 Å². The Morgan fingerprint density at radius 2 is 1.86 bits per heavy atom. The zero-order valence-electron chi connectivity index (χ0n) is 15.6. The first kappa shape index (κ1) is 19.2. The van der Waals surface area contributed by atoms with Crippen molar-refractivity contribution in [3.63, 3.8) is 0 Å². The van der Waals surface area contributed by atoms with Crippen molar-refractivity contribution in [2.24, 2.45) is 5.92 Å². The van der Waals surface area contributed by atoms with Crippen molar-refractivity contribution < 1.29 is 14.0 Å². The van der Waals surface area contributed by atoms with Gasteiger partial charge in [0.05, 0.1) is 18.2 Å². The number of anilines is 1. The molecule has 2 aliphatic rings. The van der Waals surface area contributed by atoms with Crippen molar-refractivity contribution in [1.29, 1.82) is 0 Å². The number of halogens is 1. The van der Waals surface area contributed by atoms with Crippen molar-refractivity contribution in [3.05, 3.63) is 52.5 Å². The van der Waals surface area contributed by atoms with Crippen LogP contribution in [0.4, 0.5) is 10.1 Å². The molecule has 7 heteroatoms. The van der Waals surface area contributed by atoms with Crippen LogP contribution in [0.2, 0.25) is 0 Å². The molecule has 1 atom stereocenters. The average Bonchev–Trinajstić information content (AvgIpc) is 3.30. The van der Waals surface area contributed by atoms with Gasteiger partial charge in [-0.15, -0.1) is 11.3 Å². The Labute approximate surface area is 168 Å². The molecule has 5 nitrogen and oxygen atoms in total. The number of hydrogen-bond donors (Lipinski definition) is 1. The number of nitrogens with one attached hydrogen (secondary N) is 1. The molecule has 0 radical (unpaired) electrons. The first-order valence-corrected chi connectivity index (χ1v) is 10.6. The van der Waals surface area contributed by atoms with E-state index in [2.05, 4.69) is 27.7 Å². The number of hydrogen-bond acceptors (Lipinski definition) is 5. The van der Waals surface area contributed by atoms with Crippen molar-refractivity contribution in [1.82, 2.24) is 10.2 Å². The zero-order valence-corrected chi connectivity index (χ0v) is 16.5. The number of carbonyl (C=O) groups is 2. The van der Waals surface area contributed by atoms with E-state index in [-0.39, 0.29) is 24.1 Å². The Bertz CT molecular complexity index is 817. The van der Waals surface area contributed by atoms with E-state index < -0.39 is 6.04 Å². The smallest absolute Gasteiger partial charge is 0.251 e. The molecule has 0 spiro atoms. The van der Waals surface area contributed by atoms with Crippen LogP contribution in [0, 0.1) is 11.7 Å². The Kier molecular flexibility index (Phi) is 5.85. The summed E-state index contributed by atoms with van der Waals surface area (Å²) >= 11 is 1.80. The van der Waals surface area contributed by atoms with E-state index in [1.165, 1.54) is 34.0 Å². The molecule has 1 aromatic heterocycles. The van der Waals surface area contributed by atoms with Crippen LogP contribution in [-0.2, 0) is 16.1 Å². The second-order valence-electron chi connectivity index (χ2n) is 7.51. The van der Waals surface area contributed by atoms with Crippen molar-refractivity contribution >= 4 is 28.8 Å². The number of likely N-dealkylation sites (tertiary alicyclic amines) is 1. The minimum atomic E-state index is -0.485. The monoisotopic (exact) mass is 401 g/mol. The van der Waals surface area contributed by atoms with Gasteiger partial charge in [0.2, 0.25) is 5.91 Å². The summed E-state index contributed by atoms with van der Waals surface area (Å²) in [6, 6.07) is 9.25. The molecule has 3 heterocycles. The first-order chi connectivity index (χ1) is 13.6. The molecule has 148 valence electrons. The Morgan fingerprint density at radius 1 is 1.11 bits per heavy atom. The van der Waals surface area contributed by atoms with Crippen molar-refractivity contribution in [2.45, 2.75) is 31.8 Å². The van der Waals surface area contributed by atoms with E-state index in [9.17, 15) is 14.0 Å². The van der Waals surface area contributed by atoms with Gasteiger partial charge in [0, 0.05) is 11.4 Å². The maximum Gasteiger partial charge on any atom is 0.251 e. The molecule has 2 aromatic rings. The third kappa shape index (κ3) is 4.32. The lowest BCUT2D eigenvalue weighted by atomic mass is 9.96. The first-order valence-electron chi connectivity index (χ1n) is 9.70. The normalized spacial score (nSPS) is 21.6. The highest BCUT2D eigenvalue weighted by molar-refractivity contribution is 7.09. The SMILES string of the molecule is O=C1C[C@H](NCC2CCN(Cc3cccs3)CC2)C(=O)N1c1ccc(F)cc1. The topological polar surface area (TPSA) is 52.7 Å². The molecule has 4 rings (SSSR count). The highest BCUT2D eigenvalue weighted by Crippen LogP contribution is 2.24. The number of nitrogens with zero attached hydrogens (tertiary/aromatic N) is 2. The van der Waals surface area contributed by atoms with Crippen LogP contribution in [0.5, 0.6) is 0 Å². The van der Waals surface area contributed by atoms with Crippen LogP contribution in [0.1, 0.15) is 24.1 Å². The van der Waals surface area contributed by atoms with Gasteiger partial charge < -0.3 is 5.32 Å². The van der Waals surface area contributed by atoms with E-state index in [1.54, 1.807) is 11.3 Å². The third-order valence-corrected chi connectivity index (χ3v) is 6.41. The minimum Gasteiger partial charge on any atom is -0.305 e. The summed E-state index contributed by atoms with van der Waals surface area (Å²) in [4.78, 5) is 30.0. The lowest BCUT2D eigenvalue weighted by molar-refractivity contribution is -0.121. The number of amides is 2. The van der Waals surface area contributed by atoms with Crippen LogP contribution < -0.4 is 10.2 Å². The number of rotatable bonds is 6. The van der Waals surface area contributed by atoms with Gasteiger partial charge in [-0.25, -0.2) is 9.29 Å². The van der Waals surface area contributed by atoms with Gasteiger partial charge in [-0.1, -0.05) is 6.07 Å². The van der Waals surface area contributed by atoms with Gasteiger partial charge in [-0.05, 0) is 74.1 Å². The molecular weight excluding hydrogens is 377 g/mol. The fourth-order valence-electron chi connectivity index (χ4n) is 3.93. The number of piperidine rings is 1. The summed E-state index contributed by atoms with van der Waals surface area (Å²) in [6.45, 7) is 3.88. The Balaban J connectivity index is 1.26. The molecular formula is C21H24FN3O2S. The lowest BCUT2D eigenvalue weighted by Crippen LogP contribution is -2.43. The van der Waals surface area contributed by atoms with Crippen LogP contribution in [0.15, 0.2) is 41.8 Å². The van der Waals surface area contributed by atoms with Crippen LogP contribution in [0.25, 0.3) is 0 Å². The van der Waals surface area contributed by atoms with E-state index in [0.29, 0.717) is 11.6 Å². The number of carbonyl (C=O) groups excluding carboxylic acids is 2. The van der Waals surface area contributed by atoms with Crippen molar-refractivity contribution in [2.75, 3.05) is 24.5 Å². The quantitative estimate of drug-likeness (QED) is 0.756. The second-order valence-corrected chi connectivity index (χ2v) is 8.54. The molecule has 28 heavy (non-hydrogen) atoms. The van der Waals surface area contributed by atoms with Gasteiger partial charge in [0.25, 0.3) is 5.91 Å². The van der Waals surface area contributed by atoms with Crippen LogP contribution >= 0.6 is 11.3 Å². The number of imide groups is 1. The summed E-state index contributed by atoms with van der Waals surface area (Å²) in [5, 5.41) is 5.41. The van der Waals surface area contributed by atoms with E-state index in [1.807, 2.05) is 0 Å². The fourth-order valence-corrected chi connectivity index (χ4v) is 4.68. The highest BCUT2D eigenvalue weighted by atomic mass is 32.1. The summed E-state index contributed by atoms with van der Waals surface area (Å²) in [6.07, 6.45) is 2.34. The molecule has 0 unspecified atom stereocenters. The predicted octanol–water partition coefficient (Wildman–Crippen LogP) is 3.02. The second kappa shape index (κ2) is 8.51. The number of thiophene rings is 1. The van der Waals surface area contributed by atoms with Crippen molar-refractivity contribution in [3.8, 4) is 0 Å². The number of benzene rings is 1. The fraction of sp³-hybridized carbons (Fsp3) is 0.429. The molecule has 0 bridgehead atoms. The minimum absolute atomic E-state index is 0.160. The summed E-state index contributed by atoms with van der Waals surface area (Å²) in [7, 11) is 0. The molecule has 0 aliphatic carbocycles. The molecule has 2 fully saturated rings. The van der Waals surface area contributed by atoms with Gasteiger partial charge in [0.15, 0.2) is 0 Å².